The first-order valence-corrected chi connectivity index (χ1v) is 13.0. The van der Waals surface area contributed by atoms with E-state index in [1.54, 1.807) is 0 Å². The third-order valence-electron chi connectivity index (χ3n) is 6.83. The van der Waals surface area contributed by atoms with Gasteiger partial charge in [-0.2, -0.15) is 0 Å². The van der Waals surface area contributed by atoms with Crippen LogP contribution in [-0.2, 0) is 9.59 Å². The van der Waals surface area contributed by atoms with Gasteiger partial charge in [0.1, 0.15) is 0 Å². The number of allylic oxidation sites excluding steroid dienone is 1. The number of hydrogen-bond acceptors (Lipinski definition) is 6. The Morgan fingerprint density at radius 2 is 1.82 bits per heavy atom. The van der Waals surface area contributed by atoms with Gasteiger partial charge in [0, 0.05) is 45.0 Å². The molecule has 1 atom stereocenters. The maximum atomic E-state index is 13.7. The van der Waals surface area contributed by atoms with Crippen molar-refractivity contribution in [3.05, 3.63) is 57.8 Å². The summed E-state index contributed by atoms with van der Waals surface area (Å²) in [5.41, 5.74) is 4.54. The van der Waals surface area contributed by atoms with Gasteiger partial charge in [0.05, 0.1) is 23.7 Å². The molecule has 1 fully saturated rings. The van der Waals surface area contributed by atoms with Crippen molar-refractivity contribution >= 4 is 28.7 Å². The normalized spacial score (nSPS) is 20.8. The molecule has 0 spiro atoms. The van der Waals surface area contributed by atoms with E-state index >= 15 is 0 Å². The van der Waals surface area contributed by atoms with Crippen LogP contribution < -0.4 is 0 Å². The van der Waals surface area contributed by atoms with Crippen LogP contribution in [0, 0.1) is 6.92 Å². The Balaban J connectivity index is 1.69. The summed E-state index contributed by atoms with van der Waals surface area (Å²) in [7, 11) is 2.09. The summed E-state index contributed by atoms with van der Waals surface area (Å²) in [6, 6.07) is 8.01. The van der Waals surface area contributed by atoms with Crippen LogP contribution >= 0.6 is 11.8 Å². The first-order valence-electron chi connectivity index (χ1n) is 12.1. The zero-order chi connectivity index (χ0) is 24.4. The molecule has 0 bridgehead atoms. The predicted molar refractivity (Wildman–Crippen MR) is 138 cm³/mol. The van der Waals surface area contributed by atoms with Crippen molar-refractivity contribution < 1.29 is 9.59 Å². The summed E-state index contributed by atoms with van der Waals surface area (Å²) < 4.78 is 0. The highest BCUT2D eigenvalue weighted by Crippen LogP contribution is 2.45. The molecule has 1 aromatic carbocycles. The van der Waals surface area contributed by atoms with E-state index < -0.39 is 0 Å². The Morgan fingerprint density at radius 1 is 1.12 bits per heavy atom. The van der Waals surface area contributed by atoms with Gasteiger partial charge < -0.3 is 19.6 Å². The molecule has 0 aliphatic carbocycles. The van der Waals surface area contributed by atoms with Gasteiger partial charge in [-0.05, 0) is 45.7 Å². The molecule has 1 saturated heterocycles. The van der Waals surface area contributed by atoms with Crippen molar-refractivity contribution in [2.24, 2.45) is 4.99 Å². The first kappa shape index (κ1) is 24.5. The standard InChI is InChI=1S/C26H35N5O2S/c1-6-29(7-2)25(33)23-19(4)27-26-31(24(23)20-10-8-9-18(3)15-20)21(17-34-26)16-22(32)30-13-11-28(5)12-14-30/h8-10,15,17,24H,6-7,11-14,16H2,1-5H3. The molecule has 3 aliphatic rings. The Morgan fingerprint density at radius 3 is 2.47 bits per heavy atom. The van der Waals surface area contributed by atoms with E-state index in [0.717, 1.165) is 53.9 Å². The Labute approximate surface area is 207 Å². The molecule has 1 aromatic rings. The quantitative estimate of drug-likeness (QED) is 0.621. The number of amidine groups is 1. The van der Waals surface area contributed by atoms with Crippen LogP contribution in [0.1, 0.15) is 44.4 Å². The average Bonchev–Trinajstić information content (AvgIpc) is 3.21. The second kappa shape index (κ2) is 10.4. The maximum absolute atomic E-state index is 13.7. The summed E-state index contributed by atoms with van der Waals surface area (Å²) in [5, 5.41) is 2.87. The molecule has 4 rings (SSSR count). The van der Waals surface area contributed by atoms with Gasteiger partial charge in [-0.15, -0.1) is 0 Å². The minimum absolute atomic E-state index is 0.0125. The van der Waals surface area contributed by atoms with Gasteiger partial charge in [0.25, 0.3) is 5.91 Å². The fourth-order valence-corrected chi connectivity index (χ4v) is 5.77. The number of thioether (sulfide) groups is 1. The Hall–Kier alpha value is -2.58. The molecule has 0 saturated carbocycles. The third kappa shape index (κ3) is 4.79. The number of carbonyl (C=O) groups is 2. The molecule has 0 radical (unpaired) electrons. The van der Waals surface area contributed by atoms with Crippen LogP contribution in [0.3, 0.4) is 0 Å². The maximum Gasteiger partial charge on any atom is 0.254 e. The molecular formula is C26H35N5O2S. The molecule has 3 aliphatic heterocycles. The molecular weight excluding hydrogens is 446 g/mol. The van der Waals surface area contributed by atoms with Crippen molar-refractivity contribution in [3.63, 3.8) is 0 Å². The lowest BCUT2D eigenvalue weighted by Gasteiger charge is -2.39. The van der Waals surface area contributed by atoms with Crippen molar-refractivity contribution in [1.29, 1.82) is 0 Å². The van der Waals surface area contributed by atoms with E-state index in [9.17, 15) is 9.59 Å². The number of fused-ring (bicyclic) bond motifs is 1. The topological polar surface area (TPSA) is 59.5 Å². The smallest absolute Gasteiger partial charge is 0.254 e. The van der Waals surface area contributed by atoms with Crippen molar-refractivity contribution in [3.8, 4) is 0 Å². The van der Waals surface area contributed by atoms with Gasteiger partial charge in [-0.1, -0.05) is 41.6 Å². The predicted octanol–water partition coefficient (Wildman–Crippen LogP) is 3.60. The number of likely N-dealkylation sites (N-methyl/N-ethyl adjacent to an activating group) is 2. The van der Waals surface area contributed by atoms with Crippen molar-refractivity contribution in [2.45, 2.75) is 40.2 Å². The number of amides is 2. The third-order valence-corrected chi connectivity index (χ3v) is 7.72. The number of rotatable bonds is 6. The number of benzene rings is 1. The van der Waals surface area contributed by atoms with Gasteiger partial charge >= 0.3 is 0 Å². The first-order chi connectivity index (χ1) is 16.3. The Kier molecular flexibility index (Phi) is 7.48. The number of hydrogen-bond donors (Lipinski definition) is 0. The van der Waals surface area contributed by atoms with E-state index in [2.05, 4.69) is 42.0 Å². The molecule has 1 unspecified atom stereocenters. The van der Waals surface area contributed by atoms with Crippen LogP contribution in [0.5, 0.6) is 0 Å². The van der Waals surface area contributed by atoms with Gasteiger partial charge in [-0.3, -0.25) is 9.59 Å². The minimum Gasteiger partial charge on any atom is -0.340 e. The van der Waals surface area contributed by atoms with Crippen LogP contribution in [0.4, 0.5) is 0 Å². The second-order valence-corrected chi connectivity index (χ2v) is 9.98. The average molecular weight is 482 g/mol. The highest BCUT2D eigenvalue weighted by atomic mass is 32.2. The molecule has 0 N–H and O–H groups in total. The van der Waals surface area contributed by atoms with Crippen LogP contribution in [0.15, 0.2) is 51.6 Å². The number of aliphatic imine (C=N–C) groups is 1. The van der Waals surface area contributed by atoms with E-state index in [-0.39, 0.29) is 17.9 Å². The monoisotopic (exact) mass is 481 g/mol. The largest absolute Gasteiger partial charge is 0.340 e. The summed E-state index contributed by atoms with van der Waals surface area (Å²) in [6.45, 7) is 12.6. The number of nitrogens with zero attached hydrogens (tertiary/aromatic N) is 5. The van der Waals surface area contributed by atoms with Crippen molar-refractivity contribution in [1.82, 2.24) is 19.6 Å². The highest BCUT2D eigenvalue weighted by Gasteiger charge is 2.41. The molecule has 34 heavy (non-hydrogen) atoms. The summed E-state index contributed by atoms with van der Waals surface area (Å²) in [5.74, 6) is 0.144. The van der Waals surface area contributed by atoms with E-state index in [0.29, 0.717) is 25.1 Å². The molecule has 182 valence electrons. The summed E-state index contributed by atoms with van der Waals surface area (Å²) in [4.78, 5) is 39.9. The zero-order valence-electron chi connectivity index (χ0n) is 20.9. The minimum atomic E-state index is -0.304. The van der Waals surface area contributed by atoms with Crippen molar-refractivity contribution in [2.75, 3.05) is 46.3 Å². The Bertz CT molecular complexity index is 1050. The second-order valence-electron chi connectivity index (χ2n) is 9.15. The fraction of sp³-hybridized carbons (Fsp3) is 0.500. The van der Waals surface area contributed by atoms with E-state index in [1.807, 2.05) is 42.0 Å². The zero-order valence-corrected chi connectivity index (χ0v) is 21.7. The van der Waals surface area contributed by atoms with Crippen LogP contribution in [0.25, 0.3) is 0 Å². The molecule has 0 aromatic heterocycles. The number of aryl methyl sites for hydroxylation is 1. The number of piperazine rings is 1. The molecule has 7 nitrogen and oxygen atoms in total. The van der Waals surface area contributed by atoms with Crippen LogP contribution in [0.2, 0.25) is 0 Å². The molecule has 2 amide bonds. The van der Waals surface area contributed by atoms with Gasteiger partial charge in [-0.25, -0.2) is 4.99 Å². The molecule has 3 heterocycles. The number of carbonyl (C=O) groups excluding carboxylic acids is 2. The lowest BCUT2D eigenvalue weighted by atomic mass is 9.92. The lowest BCUT2D eigenvalue weighted by molar-refractivity contribution is -0.132. The van der Waals surface area contributed by atoms with Gasteiger partial charge in [0.15, 0.2) is 5.17 Å². The summed E-state index contributed by atoms with van der Waals surface area (Å²) >= 11 is 1.54. The lowest BCUT2D eigenvalue weighted by Crippen LogP contribution is -2.47. The highest BCUT2D eigenvalue weighted by molar-refractivity contribution is 8.16. The van der Waals surface area contributed by atoms with E-state index in [4.69, 9.17) is 4.99 Å². The van der Waals surface area contributed by atoms with Gasteiger partial charge in [0.2, 0.25) is 5.91 Å². The SMILES string of the molecule is CCN(CC)C(=O)C1=C(C)N=C2SC=C(CC(=O)N3CCN(C)CC3)N2C1c1cccc(C)c1. The summed E-state index contributed by atoms with van der Waals surface area (Å²) in [6.07, 6.45) is 0.309. The van der Waals surface area contributed by atoms with Crippen LogP contribution in [-0.4, -0.2) is 82.9 Å². The molecule has 8 heteroatoms. The fourth-order valence-electron chi connectivity index (χ4n) is 4.80. The van der Waals surface area contributed by atoms with E-state index in [1.165, 1.54) is 11.8 Å².